The molecule has 0 aliphatic heterocycles. The number of carbonyl (C=O) groups is 1. The molecule has 1 aromatic carbocycles. The first-order valence-electron chi connectivity index (χ1n) is 7.70. The standard InChI is InChI=1S/C18H18N4OS/c1-5-8-22-15-10-12(3)13(4)11-16(15)24-18(22)19-17(23)14-7-9-21(6-2)20-14/h1,7,9-11H,6,8H2,2-4H3. The van der Waals surface area contributed by atoms with Gasteiger partial charge in [0.15, 0.2) is 10.5 Å². The van der Waals surface area contributed by atoms with Crippen LogP contribution in [0.2, 0.25) is 0 Å². The van der Waals surface area contributed by atoms with E-state index in [2.05, 4.69) is 42.0 Å². The highest BCUT2D eigenvalue weighted by Gasteiger charge is 2.12. The zero-order valence-corrected chi connectivity index (χ0v) is 14.7. The Balaban J connectivity index is 2.15. The summed E-state index contributed by atoms with van der Waals surface area (Å²) in [4.78, 5) is 17.3. The lowest BCUT2D eigenvalue weighted by atomic mass is 10.1. The van der Waals surface area contributed by atoms with Crippen molar-refractivity contribution in [1.82, 2.24) is 14.3 Å². The molecule has 122 valence electrons. The monoisotopic (exact) mass is 338 g/mol. The number of hydrogen-bond acceptors (Lipinski definition) is 3. The molecule has 0 spiro atoms. The van der Waals surface area contributed by atoms with Crippen molar-refractivity contribution in [1.29, 1.82) is 0 Å². The number of benzene rings is 1. The Morgan fingerprint density at radius 3 is 2.79 bits per heavy atom. The van der Waals surface area contributed by atoms with Crippen molar-refractivity contribution in [3.8, 4) is 12.3 Å². The van der Waals surface area contributed by atoms with Crippen molar-refractivity contribution in [2.24, 2.45) is 4.99 Å². The first kappa shape index (κ1) is 16.2. The van der Waals surface area contributed by atoms with E-state index >= 15 is 0 Å². The highest BCUT2D eigenvalue weighted by molar-refractivity contribution is 7.16. The van der Waals surface area contributed by atoms with Gasteiger partial charge in [0, 0.05) is 12.7 Å². The highest BCUT2D eigenvalue weighted by atomic mass is 32.1. The normalized spacial score (nSPS) is 11.8. The molecule has 0 aliphatic rings. The largest absolute Gasteiger partial charge is 0.305 e. The molecular weight excluding hydrogens is 320 g/mol. The maximum atomic E-state index is 12.4. The number of nitrogens with zero attached hydrogens (tertiary/aromatic N) is 4. The zero-order chi connectivity index (χ0) is 17.3. The number of rotatable bonds is 3. The average molecular weight is 338 g/mol. The summed E-state index contributed by atoms with van der Waals surface area (Å²) in [6.45, 7) is 7.19. The van der Waals surface area contributed by atoms with E-state index in [-0.39, 0.29) is 5.91 Å². The number of carbonyl (C=O) groups excluding carboxylic acids is 1. The van der Waals surface area contributed by atoms with Gasteiger partial charge in [-0.1, -0.05) is 17.3 Å². The van der Waals surface area contributed by atoms with Crippen LogP contribution in [0.15, 0.2) is 29.4 Å². The molecule has 1 amide bonds. The van der Waals surface area contributed by atoms with Crippen LogP contribution in [0.3, 0.4) is 0 Å². The van der Waals surface area contributed by atoms with Crippen LogP contribution in [0.25, 0.3) is 10.2 Å². The number of aryl methyl sites for hydroxylation is 3. The predicted octanol–water partition coefficient (Wildman–Crippen LogP) is 2.91. The van der Waals surface area contributed by atoms with Crippen molar-refractivity contribution in [3.63, 3.8) is 0 Å². The van der Waals surface area contributed by atoms with Gasteiger partial charge in [-0.05, 0) is 50.1 Å². The molecule has 6 heteroatoms. The molecule has 0 saturated carbocycles. The molecule has 2 aromatic heterocycles. The van der Waals surface area contributed by atoms with E-state index < -0.39 is 0 Å². The SMILES string of the molecule is C#CCn1c(=NC(=O)c2ccn(CC)n2)sc2cc(C)c(C)cc21. The van der Waals surface area contributed by atoms with E-state index in [0.717, 1.165) is 10.2 Å². The van der Waals surface area contributed by atoms with Gasteiger partial charge in [0.1, 0.15) is 0 Å². The van der Waals surface area contributed by atoms with Crippen LogP contribution in [0.1, 0.15) is 28.5 Å². The summed E-state index contributed by atoms with van der Waals surface area (Å²) in [7, 11) is 0. The molecule has 0 aliphatic carbocycles. The lowest BCUT2D eigenvalue weighted by molar-refractivity contribution is 0.0992. The van der Waals surface area contributed by atoms with Crippen LogP contribution in [0.5, 0.6) is 0 Å². The Labute approximate surface area is 144 Å². The smallest absolute Gasteiger partial charge is 0.300 e. The Hall–Kier alpha value is -2.65. The summed E-state index contributed by atoms with van der Waals surface area (Å²) in [5.74, 6) is 2.29. The molecule has 5 nitrogen and oxygen atoms in total. The third-order valence-electron chi connectivity index (χ3n) is 3.93. The molecule has 0 unspecified atom stereocenters. The average Bonchev–Trinajstić information content (AvgIpc) is 3.15. The second-order valence-corrected chi connectivity index (χ2v) is 6.56. The second-order valence-electron chi connectivity index (χ2n) is 5.55. The molecule has 3 aromatic rings. The maximum Gasteiger partial charge on any atom is 0.300 e. The number of terminal acetylenes is 1. The third-order valence-corrected chi connectivity index (χ3v) is 4.97. The highest BCUT2D eigenvalue weighted by Crippen LogP contribution is 2.22. The number of fused-ring (bicyclic) bond motifs is 1. The Morgan fingerprint density at radius 2 is 2.12 bits per heavy atom. The fraction of sp³-hybridized carbons (Fsp3) is 0.278. The summed E-state index contributed by atoms with van der Waals surface area (Å²) < 4.78 is 4.68. The molecule has 0 bridgehead atoms. The van der Waals surface area contributed by atoms with Gasteiger partial charge in [-0.15, -0.1) is 6.42 Å². The second kappa shape index (κ2) is 6.46. The zero-order valence-electron chi connectivity index (χ0n) is 13.9. The Morgan fingerprint density at radius 1 is 1.38 bits per heavy atom. The van der Waals surface area contributed by atoms with Crippen molar-refractivity contribution in [3.05, 3.63) is 46.0 Å². The van der Waals surface area contributed by atoms with Gasteiger partial charge in [0.25, 0.3) is 5.91 Å². The molecule has 3 rings (SSSR count). The summed E-state index contributed by atoms with van der Waals surface area (Å²) >= 11 is 1.47. The minimum Gasteiger partial charge on any atom is -0.305 e. The van der Waals surface area contributed by atoms with Gasteiger partial charge in [-0.25, -0.2) is 0 Å². The molecule has 0 atom stereocenters. The van der Waals surface area contributed by atoms with E-state index in [9.17, 15) is 4.79 Å². The molecular formula is C18H18N4OS. The topological polar surface area (TPSA) is 52.2 Å². The van der Waals surface area contributed by atoms with Gasteiger partial charge in [0.05, 0.1) is 16.8 Å². The Kier molecular flexibility index (Phi) is 4.36. The van der Waals surface area contributed by atoms with E-state index in [1.165, 1.54) is 22.5 Å². The maximum absolute atomic E-state index is 12.4. The molecule has 0 fully saturated rings. The van der Waals surface area contributed by atoms with Gasteiger partial charge in [0.2, 0.25) is 0 Å². The first-order chi connectivity index (χ1) is 11.5. The lowest BCUT2D eigenvalue weighted by Crippen LogP contribution is -2.16. The Bertz CT molecular complexity index is 1030. The fourth-order valence-electron chi connectivity index (χ4n) is 2.45. The van der Waals surface area contributed by atoms with Crippen LogP contribution in [0, 0.1) is 26.2 Å². The molecule has 0 saturated heterocycles. The van der Waals surface area contributed by atoms with Crippen molar-refractivity contribution >= 4 is 27.5 Å². The van der Waals surface area contributed by atoms with Gasteiger partial charge in [-0.2, -0.15) is 10.1 Å². The van der Waals surface area contributed by atoms with Gasteiger partial charge in [-0.3, -0.25) is 9.48 Å². The van der Waals surface area contributed by atoms with Gasteiger partial charge < -0.3 is 4.57 Å². The predicted molar refractivity (Wildman–Crippen MR) is 95.9 cm³/mol. The quantitative estimate of drug-likeness (QED) is 0.690. The summed E-state index contributed by atoms with van der Waals surface area (Å²) in [6.07, 6.45) is 7.28. The first-order valence-corrected chi connectivity index (χ1v) is 8.51. The summed E-state index contributed by atoms with van der Waals surface area (Å²) in [6, 6.07) is 5.88. The van der Waals surface area contributed by atoms with Gasteiger partial charge >= 0.3 is 0 Å². The number of aromatic nitrogens is 3. The molecule has 0 radical (unpaired) electrons. The van der Waals surface area contributed by atoms with E-state index in [0.29, 0.717) is 23.6 Å². The third kappa shape index (κ3) is 2.91. The van der Waals surface area contributed by atoms with Crippen molar-refractivity contribution < 1.29 is 4.79 Å². The number of amides is 1. The number of hydrogen-bond donors (Lipinski definition) is 0. The van der Waals surface area contributed by atoms with Crippen LogP contribution in [0.4, 0.5) is 0 Å². The molecule has 2 heterocycles. The van der Waals surface area contributed by atoms with Crippen LogP contribution >= 0.6 is 11.3 Å². The van der Waals surface area contributed by atoms with E-state index in [1.807, 2.05) is 11.5 Å². The van der Waals surface area contributed by atoms with E-state index in [1.54, 1.807) is 16.9 Å². The van der Waals surface area contributed by atoms with Crippen LogP contribution < -0.4 is 4.80 Å². The summed E-state index contributed by atoms with van der Waals surface area (Å²) in [5, 5.41) is 4.21. The van der Waals surface area contributed by atoms with Crippen molar-refractivity contribution in [2.45, 2.75) is 33.9 Å². The van der Waals surface area contributed by atoms with Crippen LogP contribution in [-0.2, 0) is 13.1 Å². The number of thiazole rings is 1. The van der Waals surface area contributed by atoms with Crippen molar-refractivity contribution in [2.75, 3.05) is 0 Å². The fourth-order valence-corrected chi connectivity index (χ4v) is 3.55. The van der Waals surface area contributed by atoms with Crippen LogP contribution in [-0.4, -0.2) is 20.3 Å². The minimum absolute atomic E-state index is 0.342. The molecule has 24 heavy (non-hydrogen) atoms. The summed E-state index contributed by atoms with van der Waals surface area (Å²) in [5.41, 5.74) is 3.74. The molecule has 0 N–H and O–H groups in total. The minimum atomic E-state index is -0.354. The lowest BCUT2D eigenvalue weighted by Gasteiger charge is -2.03. The van der Waals surface area contributed by atoms with E-state index in [4.69, 9.17) is 6.42 Å².